The lowest BCUT2D eigenvalue weighted by Crippen LogP contribution is -2.15. The first kappa shape index (κ1) is 18.9. The van der Waals surface area contributed by atoms with E-state index in [-0.39, 0.29) is 22.8 Å². The number of aromatic nitrogens is 1. The summed E-state index contributed by atoms with van der Waals surface area (Å²) in [5.74, 6) is -0.898. The third kappa shape index (κ3) is 4.12. The molecule has 0 spiro atoms. The van der Waals surface area contributed by atoms with E-state index in [0.29, 0.717) is 15.0 Å². The summed E-state index contributed by atoms with van der Waals surface area (Å²) in [6.45, 7) is 0. The molecule has 140 valence electrons. The Morgan fingerprint density at radius 3 is 2.59 bits per heavy atom. The van der Waals surface area contributed by atoms with E-state index in [2.05, 4.69) is 4.99 Å². The number of nitro benzene ring substituents is 1. The number of hydrogen-bond donors (Lipinski definition) is 0. The smallest absolute Gasteiger partial charge is 0.270 e. The van der Waals surface area contributed by atoms with Crippen LogP contribution in [0.3, 0.4) is 0 Å². The van der Waals surface area contributed by atoms with Crippen LogP contribution in [0, 0.1) is 10.1 Å². The van der Waals surface area contributed by atoms with Crippen LogP contribution in [0.1, 0.15) is 6.42 Å². The fraction of sp³-hybridized carbons (Fsp3) is 0.176. The van der Waals surface area contributed by atoms with Crippen LogP contribution in [0.25, 0.3) is 10.2 Å². The Kier molecular flexibility index (Phi) is 5.19. The molecule has 0 aliphatic heterocycles. The van der Waals surface area contributed by atoms with Crippen LogP contribution in [-0.2, 0) is 21.7 Å². The van der Waals surface area contributed by atoms with Crippen molar-refractivity contribution in [1.29, 1.82) is 0 Å². The van der Waals surface area contributed by atoms with Crippen molar-refractivity contribution in [3.63, 3.8) is 0 Å². The van der Waals surface area contributed by atoms with Crippen LogP contribution >= 0.6 is 11.3 Å². The normalized spacial score (nSPS) is 12.4. The molecule has 0 saturated heterocycles. The Labute approximate surface area is 158 Å². The molecule has 0 bridgehead atoms. The predicted molar refractivity (Wildman–Crippen MR) is 101 cm³/mol. The topological polar surface area (TPSA) is 112 Å². The Balaban J connectivity index is 1.83. The van der Waals surface area contributed by atoms with Crippen LogP contribution in [0.4, 0.5) is 5.69 Å². The number of amides is 1. The molecule has 27 heavy (non-hydrogen) atoms. The van der Waals surface area contributed by atoms with Gasteiger partial charge in [-0.3, -0.25) is 14.9 Å². The van der Waals surface area contributed by atoms with Gasteiger partial charge in [-0.25, -0.2) is 8.42 Å². The zero-order valence-corrected chi connectivity index (χ0v) is 15.9. The fourth-order valence-corrected chi connectivity index (χ4v) is 4.79. The highest BCUT2D eigenvalue weighted by atomic mass is 32.2. The van der Waals surface area contributed by atoms with Gasteiger partial charge in [0.25, 0.3) is 5.69 Å². The molecule has 1 amide bonds. The number of rotatable bonds is 5. The van der Waals surface area contributed by atoms with Crippen molar-refractivity contribution < 1.29 is 18.1 Å². The molecule has 1 aromatic heterocycles. The lowest BCUT2D eigenvalue weighted by molar-refractivity contribution is -0.384. The van der Waals surface area contributed by atoms with Crippen LogP contribution in [0.2, 0.25) is 0 Å². The molecule has 0 aliphatic rings. The van der Waals surface area contributed by atoms with E-state index in [1.807, 2.05) is 0 Å². The van der Waals surface area contributed by atoms with Gasteiger partial charge >= 0.3 is 0 Å². The van der Waals surface area contributed by atoms with E-state index in [0.717, 1.165) is 11.3 Å². The van der Waals surface area contributed by atoms with Crippen LogP contribution in [0.5, 0.6) is 0 Å². The Morgan fingerprint density at radius 2 is 1.93 bits per heavy atom. The lowest BCUT2D eigenvalue weighted by atomic mass is 10.3. The van der Waals surface area contributed by atoms with Gasteiger partial charge in [-0.15, -0.1) is 0 Å². The minimum Gasteiger partial charge on any atom is -0.319 e. The van der Waals surface area contributed by atoms with E-state index >= 15 is 0 Å². The van der Waals surface area contributed by atoms with Crippen molar-refractivity contribution in [1.82, 2.24) is 4.57 Å². The number of nitro groups is 1. The van der Waals surface area contributed by atoms with Gasteiger partial charge in [0.2, 0.25) is 5.91 Å². The molecule has 0 atom stereocenters. The first-order valence-electron chi connectivity index (χ1n) is 7.87. The SMILES string of the molecule is Cn1c(=NC(=O)CCS(=O)(=O)c2ccccc2)sc2cc([N+](=O)[O-])ccc21. The largest absolute Gasteiger partial charge is 0.319 e. The maximum atomic E-state index is 12.2. The number of nitrogens with zero attached hydrogens (tertiary/aromatic N) is 3. The molecule has 1 heterocycles. The number of carbonyl (C=O) groups excluding carboxylic acids is 1. The third-order valence-corrected chi connectivity index (χ3v) is 6.74. The van der Waals surface area contributed by atoms with E-state index < -0.39 is 20.7 Å². The number of benzene rings is 2. The molecule has 8 nitrogen and oxygen atoms in total. The predicted octanol–water partition coefficient (Wildman–Crippen LogP) is 2.44. The van der Waals surface area contributed by atoms with Crippen molar-refractivity contribution in [3.05, 3.63) is 63.4 Å². The zero-order chi connectivity index (χ0) is 19.6. The summed E-state index contributed by atoms with van der Waals surface area (Å²) in [6, 6.07) is 12.3. The van der Waals surface area contributed by atoms with Gasteiger partial charge in [0.1, 0.15) is 0 Å². The van der Waals surface area contributed by atoms with Crippen molar-refractivity contribution in [3.8, 4) is 0 Å². The highest BCUT2D eigenvalue weighted by Crippen LogP contribution is 2.22. The summed E-state index contributed by atoms with van der Waals surface area (Å²) in [5.41, 5.74) is 0.658. The number of non-ortho nitro benzene ring substituents is 1. The standard InChI is InChI=1S/C17H15N3O5S2/c1-19-14-8-7-12(20(22)23)11-15(14)26-17(19)18-16(21)9-10-27(24,25)13-5-3-2-4-6-13/h2-8,11H,9-10H2,1H3. The Bertz CT molecular complexity index is 1190. The summed E-state index contributed by atoms with van der Waals surface area (Å²) in [7, 11) is -1.86. The van der Waals surface area contributed by atoms with Gasteiger partial charge in [-0.2, -0.15) is 4.99 Å². The second kappa shape index (κ2) is 7.41. The van der Waals surface area contributed by atoms with Gasteiger partial charge < -0.3 is 4.57 Å². The fourth-order valence-electron chi connectivity index (χ4n) is 2.47. The van der Waals surface area contributed by atoms with Crippen molar-refractivity contribution in [2.45, 2.75) is 11.3 Å². The summed E-state index contributed by atoms with van der Waals surface area (Å²) < 4.78 is 26.7. The monoisotopic (exact) mass is 405 g/mol. The molecule has 0 radical (unpaired) electrons. The highest BCUT2D eigenvalue weighted by molar-refractivity contribution is 7.91. The molecular formula is C17H15N3O5S2. The van der Waals surface area contributed by atoms with Crippen molar-refractivity contribution in [2.75, 3.05) is 5.75 Å². The number of carbonyl (C=O) groups is 1. The number of aryl methyl sites for hydroxylation is 1. The second-order valence-corrected chi connectivity index (χ2v) is 8.86. The van der Waals surface area contributed by atoms with Crippen LogP contribution in [-0.4, -0.2) is 29.6 Å². The minimum absolute atomic E-state index is 0.0452. The van der Waals surface area contributed by atoms with E-state index in [9.17, 15) is 23.3 Å². The van der Waals surface area contributed by atoms with Gasteiger partial charge in [-0.05, 0) is 18.2 Å². The zero-order valence-electron chi connectivity index (χ0n) is 14.2. The average Bonchev–Trinajstić information content (AvgIpc) is 2.96. The van der Waals surface area contributed by atoms with Gasteiger partial charge in [-0.1, -0.05) is 29.5 Å². The Hall–Kier alpha value is -2.85. The third-order valence-electron chi connectivity index (χ3n) is 3.91. The van der Waals surface area contributed by atoms with E-state index in [1.54, 1.807) is 35.9 Å². The molecule has 10 heteroatoms. The lowest BCUT2D eigenvalue weighted by Gasteiger charge is -2.02. The maximum Gasteiger partial charge on any atom is 0.270 e. The first-order chi connectivity index (χ1) is 12.8. The molecule has 0 unspecified atom stereocenters. The highest BCUT2D eigenvalue weighted by Gasteiger charge is 2.16. The van der Waals surface area contributed by atoms with Gasteiger partial charge in [0.05, 0.1) is 25.8 Å². The summed E-state index contributed by atoms with van der Waals surface area (Å²) >= 11 is 1.14. The summed E-state index contributed by atoms with van der Waals surface area (Å²) in [4.78, 5) is 27.0. The number of thiazole rings is 1. The molecule has 0 fully saturated rings. The molecule has 0 aliphatic carbocycles. The first-order valence-corrected chi connectivity index (χ1v) is 10.3. The molecule has 0 saturated carbocycles. The van der Waals surface area contributed by atoms with Gasteiger partial charge in [0, 0.05) is 25.6 Å². The molecule has 3 rings (SSSR count). The summed E-state index contributed by atoms with van der Waals surface area (Å²) in [5, 5.41) is 10.9. The molecule has 2 aromatic carbocycles. The van der Waals surface area contributed by atoms with Crippen LogP contribution in [0.15, 0.2) is 58.4 Å². The molecular weight excluding hydrogens is 390 g/mol. The quantitative estimate of drug-likeness (QED) is 0.478. The second-order valence-electron chi connectivity index (χ2n) is 5.74. The number of hydrogen-bond acceptors (Lipinski definition) is 6. The summed E-state index contributed by atoms with van der Waals surface area (Å²) in [6.07, 6.45) is -0.244. The minimum atomic E-state index is -3.56. The number of fused-ring (bicyclic) bond motifs is 1. The van der Waals surface area contributed by atoms with Crippen molar-refractivity contribution >= 4 is 43.0 Å². The van der Waals surface area contributed by atoms with Crippen LogP contribution < -0.4 is 4.80 Å². The maximum absolute atomic E-state index is 12.2. The molecule has 3 aromatic rings. The van der Waals surface area contributed by atoms with E-state index in [4.69, 9.17) is 0 Å². The average molecular weight is 405 g/mol. The molecule has 0 N–H and O–H groups in total. The van der Waals surface area contributed by atoms with Crippen molar-refractivity contribution in [2.24, 2.45) is 12.0 Å². The van der Waals surface area contributed by atoms with Gasteiger partial charge in [0.15, 0.2) is 14.6 Å². The number of sulfone groups is 1. The van der Waals surface area contributed by atoms with E-state index in [1.165, 1.54) is 24.3 Å². The Morgan fingerprint density at radius 1 is 1.22 bits per heavy atom.